The van der Waals surface area contributed by atoms with Crippen LogP contribution >= 0.6 is 0 Å². The smallest absolute Gasteiger partial charge is 0.407 e. The lowest BCUT2D eigenvalue weighted by atomic mass is 9.97. The van der Waals surface area contributed by atoms with E-state index in [1.54, 1.807) is 12.3 Å². The lowest BCUT2D eigenvalue weighted by Crippen LogP contribution is -2.40. The van der Waals surface area contributed by atoms with Crippen molar-refractivity contribution in [1.29, 1.82) is 0 Å². The number of likely N-dealkylation sites (tertiary alicyclic amines) is 1. The minimum atomic E-state index is -0.856. The Morgan fingerprint density at radius 1 is 1.12 bits per heavy atom. The van der Waals surface area contributed by atoms with Gasteiger partial charge in [-0.2, -0.15) is 0 Å². The number of aromatic nitrogens is 1. The van der Waals surface area contributed by atoms with Gasteiger partial charge in [-0.15, -0.1) is 0 Å². The van der Waals surface area contributed by atoms with Gasteiger partial charge >= 0.3 is 6.09 Å². The minimum Gasteiger partial charge on any atom is -0.465 e. The van der Waals surface area contributed by atoms with Crippen molar-refractivity contribution in [3.8, 4) is 0 Å². The van der Waals surface area contributed by atoms with Gasteiger partial charge in [0.15, 0.2) is 0 Å². The first-order valence-electron chi connectivity index (χ1n) is 9.60. The van der Waals surface area contributed by atoms with E-state index >= 15 is 0 Å². The van der Waals surface area contributed by atoms with Gasteiger partial charge in [0, 0.05) is 44.5 Å². The van der Waals surface area contributed by atoms with Crippen LogP contribution in [0.2, 0.25) is 0 Å². The van der Waals surface area contributed by atoms with Crippen molar-refractivity contribution in [3.63, 3.8) is 0 Å². The number of carbonyl (C=O) groups is 2. The highest BCUT2D eigenvalue weighted by molar-refractivity contribution is 5.94. The van der Waals surface area contributed by atoms with E-state index in [1.165, 1.54) is 30.6 Å². The third kappa shape index (κ3) is 4.86. The summed E-state index contributed by atoms with van der Waals surface area (Å²) in [7, 11) is 0. The van der Waals surface area contributed by atoms with E-state index in [1.807, 2.05) is 6.07 Å². The Hall–Kier alpha value is -2.31. The molecule has 0 aliphatic carbocycles. The molecule has 2 aliphatic heterocycles. The third-order valence-electron chi connectivity index (χ3n) is 5.37. The van der Waals surface area contributed by atoms with Gasteiger partial charge in [-0.05, 0) is 43.7 Å². The normalized spacial score (nSPS) is 19.1. The Morgan fingerprint density at radius 2 is 1.81 bits per heavy atom. The molecule has 0 aromatic carbocycles. The topological polar surface area (TPSA) is 85.8 Å². The fourth-order valence-electron chi connectivity index (χ4n) is 3.70. The summed E-state index contributed by atoms with van der Waals surface area (Å²) < 4.78 is 0. The molecule has 2 fully saturated rings. The zero-order valence-corrected chi connectivity index (χ0v) is 15.2. The zero-order valence-electron chi connectivity index (χ0n) is 15.2. The molecule has 2 saturated heterocycles. The first-order chi connectivity index (χ1) is 12.6. The van der Waals surface area contributed by atoms with Crippen molar-refractivity contribution in [2.45, 2.75) is 38.5 Å². The standard InChI is InChI=1S/C19H28N4O3/c24-18(21-14-15-6-11-23(12-7-15)19(25)26)16-5-8-20-17(13-16)22-9-3-1-2-4-10-22/h5,8,13,15H,1-4,6-7,9-12,14H2,(H,21,24)(H,25,26). The molecule has 0 unspecified atom stereocenters. The zero-order chi connectivity index (χ0) is 18.4. The number of nitrogens with one attached hydrogen (secondary N) is 1. The van der Waals surface area contributed by atoms with E-state index in [2.05, 4.69) is 15.2 Å². The summed E-state index contributed by atoms with van der Waals surface area (Å²) in [4.78, 5) is 31.6. The number of anilines is 1. The number of amides is 2. The maximum absolute atomic E-state index is 12.5. The molecule has 1 aromatic rings. The highest BCUT2D eigenvalue weighted by atomic mass is 16.4. The highest BCUT2D eigenvalue weighted by Crippen LogP contribution is 2.19. The van der Waals surface area contributed by atoms with E-state index < -0.39 is 6.09 Å². The van der Waals surface area contributed by atoms with Crippen LogP contribution < -0.4 is 10.2 Å². The first-order valence-corrected chi connectivity index (χ1v) is 9.60. The van der Waals surface area contributed by atoms with Gasteiger partial charge in [-0.1, -0.05) is 12.8 Å². The molecular weight excluding hydrogens is 332 g/mol. The molecule has 3 heterocycles. The van der Waals surface area contributed by atoms with Gasteiger partial charge < -0.3 is 20.2 Å². The maximum Gasteiger partial charge on any atom is 0.407 e. The van der Waals surface area contributed by atoms with Crippen LogP contribution in [0.1, 0.15) is 48.9 Å². The minimum absolute atomic E-state index is 0.0795. The van der Waals surface area contributed by atoms with Crippen molar-refractivity contribution in [2.24, 2.45) is 5.92 Å². The Kier molecular flexibility index (Phi) is 6.30. The molecule has 7 nitrogen and oxygen atoms in total. The SMILES string of the molecule is O=C(NCC1CCN(C(=O)O)CC1)c1ccnc(N2CCCCCC2)c1. The quantitative estimate of drug-likeness (QED) is 0.862. The van der Waals surface area contributed by atoms with Crippen LogP contribution in [-0.2, 0) is 0 Å². The predicted molar refractivity (Wildman–Crippen MR) is 99.6 cm³/mol. The van der Waals surface area contributed by atoms with Gasteiger partial charge in [0.05, 0.1) is 0 Å². The molecule has 1 aromatic heterocycles. The Bertz CT molecular complexity index is 621. The summed E-state index contributed by atoms with van der Waals surface area (Å²) in [6.07, 6.45) is 7.31. The van der Waals surface area contributed by atoms with Crippen molar-refractivity contribution < 1.29 is 14.7 Å². The van der Waals surface area contributed by atoms with E-state index in [4.69, 9.17) is 5.11 Å². The van der Waals surface area contributed by atoms with E-state index in [9.17, 15) is 9.59 Å². The predicted octanol–water partition coefficient (Wildman–Crippen LogP) is 2.58. The van der Waals surface area contributed by atoms with Crippen molar-refractivity contribution in [2.75, 3.05) is 37.6 Å². The molecule has 2 N–H and O–H groups in total. The molecule has 0 radical (unpaired) electrons. The van der Waals surface area contributed by atoms with Gasteiger partial charge in [0.1, 0.15) is 5.82 Å². The van der Waals surface area contributed by atoms with Gasteiger partial charge in [0.25, 0.3) is 5.91 Å². The van der Waals surface area contributed by atoms with Crippen molar-refractivity contribution >= 4 is 17.8 Å². The molecular formula is C19H28N4O3. The highest BCUT2D eigenvalue weighted by Gasteiger charge is 2.22. The lowest BCUT2D eigenvalue weighted by Gasteiger charge is -2.30. The van der Waals surface area contributed by atoms with Crippen LogP contribution in [0.4, 0.5) is 10.6 Å². The molecule has 0 saturated carbocycles. The number of piperidine rings is 1. The number of nitrogens with zero attached hydrogens (tertiary/aromatic N) is 3. The van der Waals surface area contributed by atoms with Gasteiger partial charge in [0.2, 0.25) is 0 Å². The average molecular weight is 360 g/mol. The number of hydrogen-bond acceptors (Lipinski definition) is 4. The summed E-state index contributed by atoms with van der Waals surface area (Å²) in [5, 5.41) is 12.0. The van der Waals surface area contributed by atoms with Crippen LogP contribution in [0.3, 0.4) is 0 Å². The van der Waals surface area contributed by atoms with Crippen LogP contribution in [0, 0.1) is 5.92 Å². The van der Waals surface area contributed by atoms with Crippen LogP contribution in [0.15, 0.2) is 18.3 Å². The Balaban J connectivity index is 1.52. The second-order valence-corrected chi connectivity index (χ2v) is 7.23. The molecule has 7 heteroatoms. The lowest BCUT2D eigenvalue weighted by molar-refractivity contribution is 0.0928. The van der Waals surface area contributed by atoms with Crippen LogP contribution in [0.5, 0.6) is 0 Å². The summed E-state index contributed by atoms with van der Waals surface area (Å²) in [5.41, 5.74) is 0.641. The number of carboxylic acid groups (broad SMARTS) is 1. The summed E-state index contributed by atoms with van der Waals surface area (Å²) >= 11 is 0. The van der Waals surface area contributed by atoms with E-state index in [0.29, 0.717) is 31.1 Å². The molecule has 0 atom stereocenters. The average Bonchev–Trinajstić information content (AvgIpc) is 2.96. The molecule has 26 heavy (non-hydrogen) atoms. The number of hydrogen-bond donors (Lipinski definition) is 2. The monoisotopic (exact) mass is 360 g/mol. The molecule has 3 rings (SSSR count). The summed E-state index contributed by atoms with van der Waals surface area (Å²) in [6.45, 7) is 3.68. The van der Waals surface area contributed by atoms with Gasteiger partial charge in [-0.25, -0.2) is 9.78 Å². The largest absolute Gasteiger partial charge is 0.465 e. The molecule has 2 aliphatic rings. The Morgan fingerprint density at radius 3 is 2.46 bits per heavy atom. The van der Waals surface area contributed by atoms with Crippen molar-refractivity contribution in [1.82, 2.24) is 15.2 Å². The summed E-state index contributed by atoms with van der Waals surface area (Å²) in [6, 6.07) is 3.64. The third-order valence-corrected chi connectivity index (χ3v) is 5.37. The molecule has 2 amide bonds. The fraction of sp³-hybridized carbons (Fsp3) is 0.632. The molecule has 0 spiro atoms. The fourth-order valence-corrected chi connectivity index (χ4v) is 3.70. The number of carbonyl (C=O) groups excluding carboxylic acids is 1. The summed E-state index contributed by atoms with van der Waals surface area (Å²) in [5.74, 6) is 1.14. The van der Waals surface area contributed by atoms with Crippen LogP contribution in [-0.4, -0.2) is 59.7 Å². The van der Waals surface area contributed by atoms with E-state index in [-0.39, 0.29) is 5.91 Å². The number of pyridine rings is 1. The maximum atomic E-state index is 12.5. The second kappa shape index (κ2) is 8.87. The van der Waals surface area contributed by atoms with Gasteiger partial charge in [-0.3, -0.25) is 4.79 Å². The molecule has 142 valence electrons. The van der Waals surface area contributed by atoms with E-state index in [0.717, 1.165) is 31.7 Å². The Labute approximate surface area is 154 Å². The second-order valence-electron chi connectivity index (χ2n) is 7.23. The van der Waals surface area contributed by atoms with Crippen LogP contribution in [0.25, 0.3) is 0 Å². The first kappa shape index (κ1) is 18.5. The van der Waals surface area contributed by atoms with Crippen molar-refractivity contribution in [3.05, 3.63) is 23.9 Å². The molecule has 0 bridgehead atoms. The number of rotatable bonds is 4.